The molecule has 0 saturated heterocycles. The summed E-state index contributed by atoms with van der Waals surface area (Å²) in [5.74, 6) is 2.12. The van der Waals surface area contributed by atoms with Gasteiger partial charge in [0.15, 0.2) is 0 Å². The number of nitrogens with two attached hydrogens (primary N) is 1. The van der Waals surface area contributed by atoms with E-state index in [1.807, 2.05) is 12.1 Å². The number of rotatable bonds is 2. The average Bonchev–Trinajstić information content (AvgIpc) is 2.53. The van der Waals surface area contributed by atoms with Crippen LogP contribution < -0.4 is 11.1 Å². The van der Waals surface area contributed by atoms with Crippen molar-refractivity contribution >= 4 is 11.5 Å². The highest BCUT2D eigenvalue weighted by Crippen LogP contribution is 2.33. The molecule has 1 aromatic heterocycles. The van der Waals surface area contributed by atoms with Crippen LogP contribution in [0.2, 0.25) is 0 Å². The van der Waals surface area contributed by atoms with E-state index in [9.17, 15) is 0 Å². The monoisotopic (exact) mass is 205 g/mol. The van der Waals surface area contributed by atoms with Crippen molar-refractivity contribution in [1.82, 2.24) is 4.98 Å². The maximum Gasteiger partial charge on any atom is 0.146 e. The second-order valence-electron chi connectivity index (χ2n) is 4.60. The molecular weight excluding hydrogens is 186 g/mol. The molecule has 15 heavy (non-hydrogen) atoms. The van der Waals surface area contributed by atoms with Crippen LogP contribution in [0.15, 0.2) is 18.3 Å². The van der Waals surface area contributed by atoms with Crippen LogP contribution in [0, 0.1) is 11.8 Å². The highest BCUT2D eigenvalue weighted by atomic mass is 15.0. The van der Waals surface area contributed by atoms with Crippen molar-refractivity contribution in [3.63, 3.8) is 0 Å². The van der Waals surface area contributed by atoms with Crippen molar-refractivity contribution < 1.29 is 0 Å². The molecule has 1 heterocycles. The first kappa shape index (κ1) is 10.3. The predicted molar refractivity (Wildman–Crippen MR) is 63.6 cm³/mol. The Balaban J connectivity index is 2.07. The molecule has 0 aliphatic heterocycles. The van der Waals surface area contributed by atoms with E-state index in [1.54, 1.807) is 6.20 Å². The van der Waals surface area contributed by atoms with Crippen molar-refractivity contribution in [3.8, 4) is 0 Å². The molecule has 82 valence electrons. The number of hydrogen-bond acceptors (Lipinski definition) is 3. The molecule has 0 radical (unpaired) electrons. The fourth-order valence-corrected chi connectivity index (χ4v) is 2.31. The number of aromatic nitrogens is 1. The Morgan fingerprint density at radius 3 is 2.80 bits per heavy atom. The minimum atomic E-state index is 0.548. The molecule has 3 unspecified atom stereocenters. The molecule has 0 aromatic carbocycles. The summed E-state index contributed by atoms with van der Waals surface area (Å²) in [6.45, 7) is 4.63. The Hall–Kier alpha value is -1.25. The van der Waals surface area contributed by atoms with Crippen LogP contribution in [0.5, 0.6) is 0 Å². The third-order valence-electron chi connectivity index (χ3n) is 3.64. The summed E-state index contributed by atoms with van der Waals surface area (Å²) in [7, 11) is 0. The molecule has 0 amide bonds. The number of nitrogen functional groups attached to an aromatic ring is 1. The van der Waals surface area contributed by atoms with Crippen molar-refractivity contribution in [2.24, 2.45) is 11.8 Å². The molecule has 2 rings (SSSR count). The van der Waals surface area contributed by atoms with Crippen LogP contribution in [0.1, 0.15) is 26.7 Å². The van der Waals surface area contributed by atoms with E-state index in [0.29, 0.717) is 17.8 Å². The lowest BCUT2D eigenvalue weighted by Crippen LogP contribution is -2.24. The number of pyridine rings is 1. The second-order valence-corrected chi connectivity index (χ2v) is 4.60. The van der Waals surface area contributed by atoms with Gasteiger partial charge in [0, 0.05) is 12.2 Å². The molecule has 3 atom stereocenters. The van der Waals surface area contributed by atoms with Crippen LogP contribution in [-0.4, -0.2) is 11.0 Å². The van der Waals surface area contributed by atoms with Gasteiger partial charge in [-0.1, -0.05) is 13.8 Å². The third-order valence-corrected chi connectivity index (χ3v) is 3.64. The first-order valence-corrected chi connectivity index (χ1v) is 5.65. The van der Waals surface area contributed by atoms with Gasteiger partial charge >= 0.3 is 0 Å². The number of anilines is 2. The molecular formula is C12H19N3. The van der Waals surface area contributed by atoms with Crippen molar-refractivity contribution in [1.29, 1.82) is 0 Å². The topological polar surface area (TPSA) is 50.9 Å². The highest BCUT2D eigenvalue weighted by molar-refractivity contribution is 5.61. The standard InChI is InChI=1S/C12H19N3/c1-8-5-6-10(9(8)2)15-11-4-3-7-14-12(11)13/h3-4,7-10,15H,5-6H2,1-2H3,(H2,13,14). The molecule has 3 nitrogen and oxygen atoms in total. The van der Waals surface area contributed by atoms with Gasteiger partial charge in [0.1, 0.15) is 5.82 Å². The molecule has 0 bridgehead atoms. The highest BCUT2D eigenvalue weighted by Gasteiger charge is 2.29. The zero-order valence-corrected chi connectivity index (χ0v) is 9.40. The first-order valence-electron chi connectivity index (χ1n) is 5.65. The van der Waals surface area contributed by atoms with Crippen LogP contribution in [-0.2, 0) is 0 Å². The lowest BCUT2D eigenvalue weighted by atomic mass is 9.98. The lowest BCUT2D eigenvalue weighted by Gasteiger charge is -2.21. The second kappa shape index (κ2) is 4.09. The van der Waals surface area contributed by atoms with E-state index in [0.717, 1.165) is 11.6 Å². The maximum atomic E-state index is 5.81. The van der Waals surface area contributed by atoms with Gasteiger partial charge in [-0.05, 0) is 36.8 Å². The maximum absolute atomic E-state index is 5.81. The van der Waals surface area contributed by atoms with E-state index >= 15 is 0 Å². The molecule has 1 aliphatic rings. The van der Waals surface area contributed by atoms with Gasteiger partial charge in [-0.3, -0.25) is 0 Å². The minimum Gasteiger partial charge on any atom is -0.382 e. The van der Waals surface area contributed by atoms with E-state index in [4.69, 9.17) is 5.73 Å². The number of nitrogens with zero attached hydrogens (tertiary/aromatic N) is 1. The largest absolute Gasteiger partial charge is 0.382 e. The minimum absolute atomic E-state index is 0.548. The Morgan fingerprint density at radius 1 is 1.40 bits per heavy atom. The number of nitrogens with one attached hydrogen (secondary N) is 1. The molecule has 3 heteroatoms. The normalized spacial score (nSPS) is 30.4. The first-order chi connectivity index (χ1) is 7.18. The quantitative estimate of drug-likeness (QED) is 0.780. The van der Waals surface area contributed by atoms with Gasteiger partial charge in [-0.25, -0.2) is 4.98 Å². The van der Waals surface area contributed by atoms with Gasteiger partial charge in [-0.2, -0.15) is 0 Å². The van der Waals surface area contributed by atoms with Crippen LogP contribution in [0.25, 0.3) is 0 Å². The smallest absolute Gasteiger partial charge is 0.146 e. The summed E-state index contributed by atoms with van der Waals surface area (Å²) in [5.41, 5.74) is 6.78. The van der Waals surface area contributed by atoms with Gasteiger partial charge in [0.2, 0.25) is 0 Å². The zero-order valence-electron chi connectivity index (χ0n) is 9.40. The van der Waals surface area contributed by atoms with E-state index in [-0.39, 0.29) is 0 Å². The zero-order chi connectivity index (χ0) is 10.8. The third kappa shape index (κ3) is 2.06. The fourth-order valence-electron chi connectivity index (χ4n) is 2.31. The van der Waals surface area contributed by atoms with Crippen LogP contribution >= 0.6 is 0 Å². The Labute approximate surface area is 91.1 Å². The molecule has 1 aromatic rings. The molecule has 1 fully saturated rings. The summed E-state index contributed by atoms with van der Waals surface area (Å²) in [4.78, 5) is 4.08. The molecule has 3 N–H and O–H groups in total. The SMILES string of the molecule is CC1CCC(Nc2cccnc2N)C1C. The van der Waals surface area contributed by atoms with Gasteiger partial charge < -0.3 is 11.1 Å². The van der Waals surface area contributed by atoms with Crippen molar-refractivity contribution in [2.75, 3.05) is 11.1 Å². The summed E-state index contributed by atoms with van der Waals surface area (Å²) >= 11 is 0. The van der Waals surface area contributed by atoms with Crippen LogP contribution in [0.4, 0.5) is 11.5 Å². The van der Waals surface area contributed by atoms with Gasteiger partial charge in [0.25, 0.3) is 0 Å². The Morgan fingerprint density at radius 2 is 2.20 bits per heavy atom. The molecule has 1 saturated carbocycles. The van der Waals surface area contributed by atoms with Crippen molar-refractivity contribution in [2.45, 2.75) is 32.7 Å². The summed E-state index contributed by atoms with van der Waals surface area (Å²) in [5, 5.41) is 3.50. The van der Waals surface area contributed by atoms with Crippen molar-refractivity contribution in [3.05, 3.63) is 18.3 Å². The van der Waals surface area contributed by atoms with E-state index < -0.39 is 0 Å². The summed E-state index contributed by atoms with van der Waals surface area (Å²) in [6, 6.07) is 4.46. The van der Waals surface area contributed by atoms with Crippen LogP contribution in [0.3, 0.4) is 0 Å². The number of hydrogen-bond donors (Lipinski definition) is 2. The summed E-state index contributed by atoms with van der Waals surface area (Å²) in [6.07, 6.45) is 4.26. The molecule has 0 spiro atoms. The summed E-state index contributed by atoms with van der Waals surface area (Å²) < 4.78 is 0. The molecule has 1 aliphatic carbocycles. The fraction of sp³-hybridized carbons (Fsp3) is 0.583. The predicted octanol–water partition coefficient (Wildman–Crippen LogP) is 2.51. The van der Waals surface area contributed by atoms with Gasteiger partial charge in [-0.15, -0.1) is 0 Å². The average molecular weight is 205 g/mol. The van der Waals surface area contributed by atoms with E-state index in [2.05, 4.69) is 24.1 Å². The van der Waals surface area contributed by atoms with Gasteiger partial charge in [0.05, 0.1) is 5.69 Å². The van der Waals surface area contributed by atoms with E-state index in [1.165, 1.54) is 12.8 Å². The Bertz CT molecular complexity index is 337. The lowest BCUT2D eigenvalue weighted by molar-refractivity contribution is 0.435. The Kier molecular flexibility index (Phi) is 2.80.